The van der Waals surface area contributed by atoms with Crippen molar-refractivity contribution in [2.45, 2.75) is 69.5 Å². The fraction of sp³-hybridized carbons (Fsp3) is 0.533. The molecule has 1 atom stereocenters. The van der Waals surface area contributed by atoms with Crippen LogP contribution in [0.2, 0.25) is 0 Å². The first kappa shape index (κ1) is 22.3. The Kier molecular flexibility index (Phi) is 5.53. The highest BCUT2D eigenvalue weighted by Crippen LogP contribution is 2.60. The molecular weight excluding hydrogens is 450 g/mol. The van der Waals surface area contributed by atoms with Crippen molar-refractivity contribution in [3.8, 4) is 5.75 Å². The molecule has 0 radical (unpaired) electrons. The highest BCUT2D eigenvalue weighted by Gasteiger charge is 2.51. The molecule has 3 aromatic rings. The molecule has 1 saturated heterocycles. The number of hydrogen-bond donors (Lipinski definition) is 2. The van der Waals surface area contributed by atoms with Crippen LogP contribution in [-0.2, 0) is 16.8 Å². The number of imidazole rings is 1. The van der Waals surface area contributed by atoms with Crippen LogP contribution in [0.1, 0.15) is 73.1 Å². The minimum absolute atomic E-state index is 0.0843. The molecule has 6 nitrogen and oxygen atoms in total. The summed E-state index contributed by atoms with van der Waals surface area (Å²) in [5.41, 5.74) is 4.23. The summed E-state index contributed by atoms with van der Waals surface area (Å²) in [7, 11) is 0. The molecule has 0 unspecified atom stereocenters. The lowest BCUT2D eigenvalue weighted by molar-refractivity contribution is -0.00520. The third-order valence-corrected chi connectivity index (χ3v) is 9.19. The fourth-order valence-electron chi connectivity index (χ4n) is 7.91. The first-order valence-electron chi connectivity index (χ1n) is 13.7. The molecule has 5 aliphatic rings. The highest BCUT2D eigenvalue weighted by atomic mass is 16.5. The highest BCUT2D eigenvalue weighted by molar-refractivity contribution is 5.97. The topological polar surface area (TPSA) is 76.2 Å². The van der Waals surface area contributed by atoms with Crippen molar-refractivity contribution in [2.75, 3.05) is 13.2 Å². The maximum Gasteiger partial charge on any atom is 0.251 e. The number of nitrogens with zero attached hydrogens (tertiary/aromatic N) is 1. The van der Waals surface area contributed by atoms with Crippen molar-refractivity contribution >= 4 is 16.9 Å². The molecule has 6 heteroatoms. The fourth-order valence-corrected chi connectivity index (χ4v) is 7.91. The van der Waals surface area contributed by atoms with Gasteiger partial charge in [0.15, 0.2) is 0 Å². The largest absolute Gasteiger partial charge is 0.486 e. The van der Waals surface area contributed by atoms with Gasteiger partial charge in [0.25, 0.3) is 5.91 Å². The van der Waals surface area contributed by atoms with Crippen LogP contribution in [0.3, 0.4) is 0 Å². The maximum absolute atomic E-state index is 12.6. The van der Waals surface area contributed by atoms with E-state index in [0.717, 1.165) is 59.8 Å². The summed E-state index contributed by atoms with van der Waals surface area (Å²) in [6.45, 7) is 1.71. The molecule has 4 saturated carbocycles. The van der Waals surface area contributed by atoms with Crippen LogP contribution in [0.5, 0.6) is 5.75 Å². The van der Waals surface area contributed by atoms with Gasteiger partial charge < -0.3 is 19.8 Å². The number of nitrogens with one attached hydrogen (secondary N) is 2. The van der Waals surface area contributed by atoms with E-state index in [4.69, 9.17) is 9.47 Å². The Bertz CT molecular complexity index is 1220. The first-order valence-corrected chi connectivity index (χ1v) is 13.7. The zero-order valence-corrected chi connectivity index (χ0v) is 20.8. The van der Waals surface area contributed by atoms with Gasteiger partial charge in [0, 0.05) is 18.7 Å². The van der Waals surface area contributed by atoms with Crippen LogP contribution in [0, 0.1) is 17.8 Å². The van der Waals surface area contributed by atoms with Crippen molar-refractivity contribution in [1.82, 2.24) is 15.3 Å². The monoisotopic (exact) mass is 485 g/mol. The Morgan fingerprint density at radius 1 is 1.06 bits per heavy atom. The summed E-state index contributed by atoms with van der Waals surface area (Å²) in [6.07, 6.45) is 10.8. The zero-order chi connectivity index (χ0) is 24.1. The van der Waals surface area contributed by atoms with Gasteiger partial charge in [-0.25, -0.2) is 4.98 Å². The van der Waals surface area contributed by atoms with Crippen LogP contribution < -0.4 is 10.1 Å². The van der Waals surface area contributed by atoms with Crippen LogP contribution >= 0.6 is 0 Å². The van der Waals surface area contributed by atoms with Crippen LogP contribution in [0.15, 0.2) is 42.5 Å². The normalized spacial score (nSPS) is 30.7. The second kappa shape index (κ2) is 8.91. The van der Waals surface area contributed by atoms with E-state index in [2.05, 4.69) is 39.6 Å². The van der Waals surface area contributed by atoms with Crippen molar-refractivity contribution in [3.63, 3.8) is 0 Å². The van der Waals surface area contributed by atoms with Gasteiger partial charge in [0.05, 0.1) is 17.1 Å². The molecule has 2 N–H and O–H groups in total. The van der Waals surface area contributed by atoms with Gasteiger partial charge >= 0.3 is 0 Å². The Balaban J connectivity index is 0.987. The number of aromatic amines is 1. The first-order chi connectivity index (χ1) is 17.6. The molecule has 5 fully saturated rings. The van der Waals surface area contributed by atoms with Crippen molar-refractivity contribution < 1.29 is 14.3 Å². The smallest absolute Gasteiger partial charge is 0.251 e. The molecule has 1 amide bonds. The van der Waals surface area contributed by atoms with Gasteiger partial charge in [0.2, 0.25) is 0 Å². The number of ether oxygens (including phenoxy) is 2. The number of rotatable bonds is 7. The van der Waals surface area contributed by atoms with Crippen LogP contribution in [-0.4, -0.2) is 35.1 Å². The minimum atomic E-state index is -0.0843. The number of amides is 1. The molecule has 4 bridgehead atoms. The van der Waals surface area contributed by atoms with E-state index in [1.54, 1.807) is 0 Å². The average Bonchev–Trinajstić information content (AvgIpc) is 3.55. The van der Waals surface area contributed by atoms with E-state index < -0.39 is 0 Å². The lowest BCUT2D eigenvalue weighted by atomic mass is 9.48. The molecule has 36 heavy (non-hydrogen) atoms. The standard InChI is InChI=1S/C30H35N3O3/c34-29(31-17-25-2-1-9-35-25)22-3-8-26-27(13-22)33-28(32-26)18-36-24-6-4-23(5-7-24)30-14-19-10-20(15-30)12-21(11-19)16-30/h3-8,13,19-21,25H,1-2,9-12,14-18H2,(H,31,34)(H,32,33)/t19?,20?,21?,25-,30?/m0/s1. The lowest BCUT2D eigenvalue weighted by Gasteiger charge is -2.57. The number of aromatic nitrogens is 2. The number of hydrogen-bond acceptors (Lipinski definition) is 4. The number of benzene rings is 2. The number of carbonyl (C=O) groups excluding carboxylic acids is 1. The second-order valence-corrected chi connectivity index (χ2v) is 11.8. The summed E-state index contributed by atoms with van der Waals surface area (Å²) in [4.78, 5) is 20.5. The summed E-state index contributed by atoms with van der Waals surface area (Å²) in [6, 6.07) is 14.4. The number of H-pyrrole nitrogens is 1. The lowest BCUT2D eigenvalue weighted by Crippen LogP contribution is -2.48. The van der Waals surface area contributed by atoms with Crippen molar-refractivity contribution in [3.05, 3.63) is 59.4 Å². The molecule has 2 aromatic carbocycles. The van der Waals surface area contributed by atoms with E-state index in [1.807, 2.05) is 18.2 Å². The number of carbonyl (C=O) groups is 1. The van der Waals surface area contributed by atoms with Crippen molar-refractivity contribution in [1.29, 1.82) is 0 Å². The molecule has 0 spiro atoms. The van der Waals surface area contributed by atoms with Gasteiger partial charge in [-0.1, -0.05) is 12.1 Å². The SMILES string of the molecule is O=C(NC[C@@H]1CCCO1)c1ccc2nc(COc3ccc(C45CC6CC(CC(C6)C4)C5)cc3)[nH]c2c1. The molecule has 1 aliphatic heterocycles. The predicted octanol–water partition coefficient (Wildman–Crippen LogP) is 5.52. The van der Waals surface area contributed by atoms with Gasteiger partial charge in [-0.3, -0.25) is 4.79 Å². The van der Waals surface area contributed by atoms with Gasteiger partial charge in [-0.05, 0) is 110 Å². The van der Waals surface area contributed by atoms with Gasteiger partial charge in [-0.15, -0.1) is 0 Å². The van der Waals surface area contributed by atoms with Gasteiger partial charge in [0.1, 0.15) is 18.2 Å². The molecule has 188 valence electrons. The Hall–Kier alpha value is -2.86. The Morgan fingerprint density at radius 2 is 1.81 bits per heavy atom. The summed E-state index contributed by atoms with van der Waals surface area (Å²) in [5.74, 6) is 4.40. The van der Waals surface area contributed by atoms with Crippen LogP contribution in [0.25, 0.3) is 11.0 Å². The summed E-state index contributed by atoms with van der Waals surface area (Å²) < 4.78 is 11.7. The maximum atomic E-state index is 12.6. The van der Waals surface area contributed by atoms with Gasteiger partial charge in [-0.2, -0.15) is 0 Å². The van der Waals surface area contributed by atoms with Crippen molar-refractivity contribution in [2.24, 2.45) is 17.8 Å². The summed E-state index contributed by atoms with van der Waals surface area (Å²) >= 11 is 0. The predicted molar refractivity (Wildman–Crippen MR) is 138 cm³/mol. The Labute approximate surface area is 212 Å². The molecule has 1 aromatic heterocycles. The molecule has 8 rings (SSSR count). The minimum Gasteiger partial charge on any atom is -0.486 e. The quantitative estimate of drug-likeness (QED) is 0.462. The van der Waals surface area contributed by atoms with E-state index >= 15 is 0 Å². The zero-order valence-electron chi connectivity index (χ0n) is 20.8. The average molecular weight is 486 g/mol. The molecule has 4 aliphatic carbocycles. The van der Waals surface area contributed by atoms with E-state index in [1.165, 1.54) is 44.1 Å². The van der Waals surface area contributed by atoms with E-state index in [9.17, 15) is 4.79 Å². The molecular formula is C30H35N3O3. The third-order valence-electron chi connectivity index (χ3n) is 9.19. The van der Waals surface area contributed by atoms with Crippen LogP contribution in [0.4, 0.5) is 0 Å². The third kappa shape index (κ3) is 4.19. The Morgan fingerprint density at radius 3 is 2.50 bits per heavy atom. The van der Waals surface area contributed by atoms with E-state index in [-0.39, 0.29) is 12.0 Å². The number of fused-ring (bicyclic) bond motifs is 1. The van der Waals surface area contributed by atoms with E-state index in [0.29, 0.717) is 24.1 Å². The summed E-state index contributed by atoms with van der Waals surface area (Å²) in [5, 5.41) is 2.98. The second-order valence-electron chi connectivity index (χ2n) is 11.8. The molecule has 2 heterocycles.